The summed E-state index contributed by atoms with van der Waals surface area (Å²) in [4.78, 5) is 34.7. The number of carbonyl (C=O) groups is 3. The SMILES string of the molecule is C=C(C)C(=O)OCCCCCCN(CCCC)C(=O)C=O. The molecule has 0 aromatic carbocycles. The zero-order chi connectivity index (χ0) is 16.1. The van der Waals surface area contributed by atoms with Crippen molar-refractivity contribution < 1.29 is 19.1 Å². The number of carbonyl (C=O) groups excluding carboxylic acids is 3. The number of aldehydes is 1. The van der Waals surface area contributed by atoms with Crippen molar-refractivity contribution in [3.63, 3.8) is 0 Å². The Hall–Kier alpha value is -1.65. The monoisotopic (exact) mass is 297 g/mol. The van der Waals surface area contributed by atoms with Gasteiger partial charge < -0.3 is 9.64 Å². The highest BCUT2D eigenvalue weighted by atomic mass is 16.5. The number of unbranched alkanes of at least 4 members (excludes halogenated alkanes) is 4. The van der Waals surface area contributed by atoms with Crippen LogP contribution in [0.15, 0.2) is 12.2 Å². The predicted octanol–water partition coefficient (Wildman–Crippen LogP) is 2.49. The topological polar surface area (TPSA) is 63.7 Å². The molecule has 120 valence electrons. The molecule has 0 atom stereocenters. The largest absolute Gasteiger partial charge is 0.462 e. The van der Waals surface area contributed by atoms with Gasteiger partial charge in [-0.2, -0.15) is 0 Å². The maximum Gasteiger partial charge on any atom is 0.333 e. The maximum atomic E-state index is 11.4. The molecule has 0 heterocycles. The second-order valence-corrected chi connectivity index (χ2v) is 5.13. The molecule has 0 spiro atoms. The Morgan fingerprint density at radius 3 is 2.29 bits per heavy atom. The molecule has 0 rings (SSSR count). The van der Waals surface area contributed by atoms with E-state index in [2.05, 4.69) is 13.5 Å². The van der Waals surface area contributed by atoms with E-state index in [1.807, 2.05) is 0 Å². The van der Waals surface area contributed by atoms with Gasteiger partial charge in [-0.15, -0.1) is 0 Å². The summed E-state index contributed by atoms with van der Waals surface area (Å²) in [5, 5.41) is 0. The molecule has 0 fully saturated rings. The maximum absolute atomic E-state index is 11.4. The van der Waals surface area contributed by atoms with Crippen molar-refractivity contribution in [2.24, 2.45) is 0 Å². The molecular weight excluding hydrogens is 270 g/mol. The highest BCUT2D eigenvalue weighted by molar-refractivity contribution is 6.23. The molecule has 1 amide bonds. The first kappa shape index (κ1) is 19.4. The van der Waals surface area contributed by atoms with E-state index in [0.29, 0.717) is 31.6 Å². The normalized spacial score (nSPS) is 10.0. The minimum atomic E-state index is -0.432. The third-order valence-corrected chi connectivity index (χ3v) is 3.10. The van der Waals surface area contributed by atoms with Gasteiger partial charge in [0.1, 0.15) is 0 Å². The molecule has 0 aromatic heterocycles. The number of ether oxygens (including phenoxy) is 1. The lowest BCUT2D eigenvalue weighted by Crippen LogP contribution is -2.33. The molecule has 21 heavy (non-hydrogen) atoms. The van der Waals surface area contributed by atoms with Crippen molar-refractivity contribution in [3.05, 3.63) is 12.2 Å². The van der Waals surface area contributed by atoms with E-state index < -0.39 is 5.91 Å². The molecule has 0 aliphatic carbocycles. The van der Waals surface area contributed by atoms with Gasteiger partial charge in [0, 0.05) is 18.7 Å². The van der Waals surface area contributed by atoms with E-state index in [4.69, 9.17) is 4.74 Å². The van der Waals surface area contributed by atoms with Gasteiger partial charge in [-0.1, -0.05) is 26.3 Å². The van der Waals surface area contributed by atoms with Gasteiger partial charge >= 0.3 is 5.97 Å². The van der Waals surface area contributed by atoms with E-state index >= 15 is 0 Å². The van der Waals surface area contributed by atoms with Crippen molar-refractivity contribution >= 4 is 18.2 Å². The molecule has 0 aliphatic heterocycles. The second kappa shape index (κ2) is 12.1. The first-order valence-corrected chi connectivity index (χ1v) is 7.59. The van der Waals surface area contributed by atoms with Gasteiger partial charge in [0.05, 0.1) is 6.61 Å². The van der Waals surface area contributed by atoms with Gasteiger partial charge in [0.25, 0.3) is 5.91 Å². The van der Waals surface area contributed by atoms with Gasteiger partial charge in [0.2, 0.25) is 6.29 Å². The number of hydrogen-bond donors (Lipinski definition) is 0. The summed E-state index contributed by atoms with van der Waals surface area (Å²) in [5.41, 5.74) is 0.411. The standard InChI is InChI=1S/C16H27NO4/c1-4-5-10-17(15(19)13-18)11-8-6-7-9-12-21-16(20)14(2)3/h13H,2,4-12H2,1,3H3. The van der Waals surface area contributed by atoms with Crippen molar-refractivity contribution in [2.45, 2.75) is 52.4 Å². The molecule has 5 heteroatoms. The van der Waals surface area contributed by atoms with Gasteiger partial charge in [0.15, 0.2) is 0 Å². The van der Waals surface area contributed by atoms with E-state index in [9.17, 15) is 14.4 Å². The summed E-state index contributed by atoms with van der Waals surface area (Å²) in [6.07, 6.45) is 5.83. The summed E-state index contributed by atoms with van der Waals surface area (Å²) in [6, 6.07) is 0. The molecule has 0 saturated carbocycles. The van der Waals surface area contributed by atoms with Crippen molar-refractivity contribution in [2.75, 3.05) is 19.7 Å². The Morgan fingerprint density at radius 2 is 1.71 bits per heavy atom. The predicted molar refractivity (Wildman–Crippen MR) is 81.8 cm³/mol. The van der Waals surface area contributed by atoms with Crippen LogP contribution in [0, 0.1) is 0 Å². The minimum Gasteiger partial charge on any atom is -0.462 e. The van der Waals surface area contributed by atoms with Crippen LogP contribution in [0.2, 0.25) is 0 Å². The Labute approximate surface area is 127 Å². The van der Waals surface area contributed by atoms with Crippen LogP contribution in [-0.2, 0) is 19.1 Å². The molecule has 0 bridgehead atoms. The van der Waals surface area contributed by atoms with E-state index in [-0.39, 0.29) is 5.97 Å². The number of nitrogens with zero attached hydrogens (tertiary/aromatic N) is 1. The highest BCUT2D eigenvalue weighted by Crippen LogP contribution is 2.04. The van der Waals surface area contributed by atoms with Crippen LogP contribution >= 0.6 is 0 Å². The number of rotatable bonds is 12. The lowest BCUT2D eigenvalue weighted by atomic mass is 10.2. The average Bonchev–Trinajstić information content (AvgIpc) is 2.47. The molecule has 0 saturated heterocycles. The summed E-state index contributed by atoms with van der Waals surface area (Å²) < 4.78 is 4.99. The molecular formula is C16H27NO4. The lowest BCUT2D eigenvalue weighted by molar-refractivity contribution is -0.139. The van der Waals surface area contributed by atoms with Crippen LogP contribution in [0.4, 0.5) is 0 Å². The van der Waals surface area contributed by atoms with Crippen LogP contribution in [0.3, 0.4) is 0 Å². The number of amides is 1. The smallest absolute Gasteiger partial charge is 0.333 e. The third kappa shape index (κ3) is 9.82. The van der Waals surface area contributed by atoms with Crippen molar-refractivity contribution in [1.82, 2.24) is 4.90 Å². The second-order valence-electron chi connectivity index (χ2n) is 5.13. The number of hydrogen-bond acceptors (Lipinski definition) is 4. The van der Waals surface area contributed by atoms with Crippen molar-refractivity contribution in [1.29, 1.82) is 0 Å². The quantitative estimate of drug-likeness (QED) is 0.182. The molecule has 0 aromatic rings. The van der Waals surface area contributed by atoms with Crippen LogP contribution in [0.1, 0.15) is 52.4 Å². The summed E-state index contributed by atoms with van der Waals surface area (Å²) in [5.74, 6) is -0.781. The Balaban J connectivity index is 3.70. The Kier molecular flexibility index (Phi) is 11.2. The first-order chi connectivity index (χ1) is 10.0. The average molecular weight is 297 g/mol. The zero-order valence-electron chi connectivity index (χ0n) is 13.2. The molecule has 5 nitrogen and oxygen atoms in total. The molecule has 0 aliphatic rings. The fourth-order valence-electron chi connectivity index (χ4n) is 1.80. The summed E-state index contributed by atoms with van der Waals surface area (Å²) in [7, 11) is 0. The zero-order valence-corrected chi connectivity index (χ0v) is 13.2. The van der Waals surface area contributed by atoms with Crippen LogP contribution in [0.25, 0.3) is 0 Å². The highest BCUT2D eigenvalue weighted by Gasteiger charge is 2.10. The van der Waals surface area contributed by atoms with E-state index in [1.54, 1.807) is 11.8 Å². The molecule has 0 N–H and O–H groups in total. The van der Waals surface area contributed by atoms with Gasteiger partial charge in [-0.3, -0.25) is 9.59 Å². The fourth-order valence-corrected chi connectivity index (χ4v) is 1.80. The molecule has 0 unspecified atom stereocenters. The third-order valence-electron chi connectivity index (χ3n) is 3.10. The van der Waals surface area contributed by atoms with E-state index in [0.717, 1.165) is 38.5 Å². The van der Waals surface area contributed by atoms with Crippen LogP contribution in [0.5, 0.6) is 0 Å². The van der Waals surface area contributed by atoms with Crippen molar-refractivity contribution in [3.8, 4) is 0 Å². The fraction of sp³-hybridized carbons (Fsp3) is 0.688. The lowest BCUT2D eigenvalue weighted by Gasteiger charge is -2.19. The molecule has 0 radical (unpaired) electrons. The summed E-state index contributed by atoms with van der Waals surface area (Å²) in [6.45, 7) is 8.84. The summed E-state index contributed by atoms with van der Waals surface area (Å²) >= 11 is 0. The van der Waals surface area contributed by atoms with Crippen LogP contribution in [-0.4, -0.2) is 42.8 Å². The first-order valence-electron chi connectivity index (χ1n) is 7.59. The van der Waals surface area contributed by atoms with Gasteiger partial charge in [-0.25, -0.2) is 4.79 Å². The van der Waals surface area contributed by atoms with E-state index in [1.165, 1.54) is 0 Å². The van der Waals surface area contributed by atoms with Crippen LogP contribution < -0.4 is 0 Å². The Morgan fingerprint density at radius 1 is 1.10 bits per heavy atom. The Bertz CT molecular complexity index is 352. The number of esters is 1. The minimum absolute atomic E-state index is 0.350. The van der Waals surface area contributed by atoms with Gasteiger partial charge in [-0.05, 0) is 32.6 Å².